The van der Waals surface area contributed by atoms with Crippen LogP contribution >= 0.6 is 11.8 Å². The van der Waals surface area contributed by atoms with E-state index in [9.17, 15) is 9.59 Å². The van der Waals surface area contributed by atoms with Crippen LogP contribution in [0.1, 0.15) is 47.2 Å². The Morgan fingerprint density at radius 2 is 1.93 bits per heavy atom. The van der Waals surface area contributed by atoms with Crippen molar-refractivity contribution < 1.29 is 9.59 Å². The Kier molecular flexibility index (Phi) is 6.09. The van der Waals surface area contributed by atoms with E-state index >= 15 is 0 Å². The van der Waals surface area contributed by atoms with Crippen LogP contribution in [0.15, 0.2) is 42.5 Å². The number of hydrogen-bond donors (Lipinski definition) is 3. The maximum atomic E-state index is 12.5. The molecule has 0 radical (unpaired) electrons. The Labute approximate surface area is 176 Å². The summed E-state index contributed by atoms with van der Waals surface area (Å²) in [6, 6.07) is 13.8. The van der Waals surface area contributed by atoms with Gasteiger partial charge < -0.3 is 16.0 Å². The van der Waals surface area contributed by atoms with E-state index in [2.05, 4.69) is 35.0 Å². The minimum absolute atomic E-state index is 0.0527. The highest BCUT2D eigenvalue weighted by molar-refractivity contribution is 7.98. The summed E-state index contributed by atoms with van der Waals surface area (Å²) in [5, 5.41) is 9.38. The van der Waals surface area contributed by atoms with Crippen LogP contribution < -0.4 is 16.0 Å². The Morgan fingerprint density at radius 1 is 1.14 bits per heavy atom. The normalized spacial score (nSPS) is 18.7. The van der Waals surface area contributed by atoms with Crippen molar-refractivity contribution in [3.05, 3.63) is 59.2 Å². The first-order chi connectivity index (χ1) is 14.1. The lowest BCUT2D eigenvalue weighted by molar-refractivity contribution is -0.116. The molecule has 1 aliphatic heterocycles. The molecule has 152 valence electrons. The van der Waals surface area contributed by atoms with Gasteiger partial charge in [-0.05, 0) is 49.1 Å². The van der Waals surface area contributed by atoms with Gasteiger partial charge in [0, 0.05) is 23.1 Å². The van der Waals surface area contributed by atoms with Gasteiger partial charge in [0.2, 0.25) is 5.91 Å². The number of thioether (sulfide) groups is 1. The van der Waals surface area contributed by atoms with Crippen LogP contribution in [0.2, 0.25) is 0 Å². The number of anilines is 2. The van der Waals surface area contributed by atoms with Crippen LogP contribution in [0.5, 0.6) is 0 Å². The van der Waals surface area contributed by atoms with E-state index in [-0.39, 0.29) is 23.9 Å². The van der Waals surface area contributed by atoms with Gasteiger partial charge in [0.05, 0.1) is 11.4 Å². The number of aryl methyl sites for hydroxylation is 1. The van der Waals surface area contributed by atoms with E-state index in [0.29, 0.717) is 17.0 Å². The summed E-state index contributed by atoms with van der Waals surface area (Å²) in [6.07, 6.45) is 4.46. The molecule has 1 aliphatic carbocycles. The van der Waals surface area contributed by atoms with Crippen molar-refractivity contribution in [3.63, 3.8) is 0 Å². The molecule has 0 bridgehead atoms. The Bertz CT molecular complexity index is 909. The van der Waals surface area contributed by atoms with Crippen molar-refractivity contribution in [2.24, 2.45) is 0 Å². The summed E-state index contributed by atoms with van der Waals surface area (Å²) in [7, 11) is 0. The zero-order valence-electron chi connectivity index (χ0n) is 16.7. The fraction of sp³-hybridized carbons (Fsp3) is 0.391. The predicted molar refractivity (Wildman–Crippen MR) is 120 cm³/mol. The van der Waals surface area contributed by atoms with Crippen molar-refractivity contribution in [2.45, 2.75) is 50.4 Å². The maximum Gasteiger partial charge on any atom is 0.251 e. The molecule has 2 aromatic carbocycles. The lowest BCUT2D eigenvalue weighted by Crippen LogP contribution is -2.41. The lowest BCUT2D eigenvalue weighted by atomic mass is 10.1. The van der Waals surface area contributed by atoms with Crippen LogP contribution in [0.25, 0.3) is 0 Å². The highest BCUT2D eigenvalue weighted by Crippen LogP contribution is 2.29. The minimum Gasteiger partial charge on any atom is -0.371 e. The quantitative estimate of drug-likeness (QED) is 0.664. The second-order valence-corrected chi connectivity index (χ2v) is 8.87. The average Bonchev–Trinajstić information content (AvgIpc) is 3.22. The van der Waals surface area contributed by atoms with E-state index < -0.39 is 0 Å². The van der Waals surface area contributed by atoms with Crippen LogP contribution in [0.3, 0.4) is 0 Å². The lowest BCUT2D eigenvalue weighted by Gasteiger charge is -2.27. The minimum atomic E-state index is -0.283. The molecule has 1 atom stereocenters. The molecule has 29 heavy (non-hydrogen) atoms. The molecule has 1 fully saturated rings. The van der Waals surface area contributed by atoms with Crippen molar-refractivity contribution in [1.82, 2.24) is 5.32 Å². The molecule has 0 aromatic heterocycles. The largest absolute Gasteiger partial charge is 0.371 e. The SMILES string of the molecule is Cc1ccccc1CSCC1Nc2ccc(C(=O)NC3CCCC3)cc2NC1=O. The fourth-order valence-electron chi connectivity index (χ4n) is 3.90. The average molecular weight is 410 g/mol. The standard InChI is InChI=1S/C23H27N3O2S/c1-15-6-2-3-7-17(15)13-29-14-21-23(28)26-20-12-16(10-11-19(20)25-21)22(27)24-18-8-4-5-9-18/h2-3,6-7,10-12,18,21,25H,4-5,8-9,13-14H2,1H3,(H,24,27)(H,26,28). The molecule has 0 saturated heterocycles. The van der Waals surface area contributed by atoms with Crippen LogP contribution in [-0.4, -0.2) is 29.7 Å². The summed E-state index contributed by atoms with van der Waals surface area (Å²) >= 11 is 1.74. The summed E-state index contributed by atoms with van der Waals surface area (Å²) in [5.41, 5.74) is 4.70. The van der Waals surface area contributed by atoms with Crippen molar-refractivity contribution in [1.29, 1.82) is 0 Å². The molecule has 1 heterocycles. The van der Waals surface area contributed by atoms with Crippen LogP contribution in [-0.2, 0) is 10.5 Å². The van der Waals surface area contributed by atoms with Gasteiger partial charge in [-0.1, -0.05) is 37.1 Å². The number of benzene rings is 2. The Balaban J connectivity index is 1.35. The number of amides is 2. The van der Waals surface area contributed by atoms with E-state index in [1.807, 2.05) is 24.3 Å². The molecule has 5 nitrogen and oxygen atoms in total. The predicted octanol–water partition coefficient (Wildman–Crippen LogP) is 4.33. The van der Waals surface area contributed by atoms with Gasteiger partial charge >= 0.3 is 0 Å². The molecule has 3 N–H and O–H groups in total. The maximum absolute atomic E-state index is 12.5. The third kappa shape index (κ3) is 4.75. The van der Waals surface area contributed by atoms with Crippen LogP contribution in [0, 0.1) is 6.92 Å². The Hall–Kier alpha value is -2.47. The molecule has 0 spiro atoms. The molecule has 1 saturated carbocycles. The highest BCUT2D eigenvalue weighted by Gasteiger charge is 2.26. The van der Waals surface area contributed by atoms with Crippen molar-refractivity contribution in [2.75, 3.05) is 16.4 Å². The Morgan fingerprint density at radius 3 is 2.72 bits per heavy atom. The molecular weight excluding hydrogens is 382 g/mol. The van der Waals surface area contributed by atoms with Crippen molar-refractivity contribution in [3.8, 4) is 0 Å². The fourth-order valence-corrected chi connectivity index (χ4v) is 5.03. The zero-order valence-corrected chi connectivity index (χ0v) is 17.5. The first-order valence-corrected chi connectivity index (χ1v) is 11.4. The summed E-state index contributed by atoms with van der Waals surface area (Å²) in [4.78, 5) is 25.0. The molecule has 4 rings (SSSR count). The number of fused-ring (bicyclic) bond motifs is 1. The summed E-state index contributed by atoms with van der Waals surface area (Å²) in [6.45, 7) is 2.11. The smallest absolute Gasteiger partial charge is 0.251 e. The van der Waals surface area contributed by atoms with Gasteiger partial charge in [-0.3, -0.25) is 9.59 Å². The van der Waals surface area contributed by atoms with Gasteiger partial charge in [-0.2, -0.15) is 11.8 Å². The highest BCUT2D eigenvalue weighted by atomic mass is 32.2. The van der Waals surface area contributed by atoms with E-state index in [4.69, 9.17) is 0 Å². The van der Waals surface area contributed by atoms with Gasteiger partial charge in [0.1, 0.15) is 6.04 Å². The number of rotatable bonds is 6. The van der Waals surface area contributed by atoms with Gasteiger partial charge in [-0.25, -0.2) is 0 Å². The number of nitrogens with one attached hydrogen (secondary N) is 3. The van der Waals surface area contributed by atoms with E-state index in [1.54, 1.807) is 17.8 Å². The molecule has 1 unspecified atom stereocenters. The molecule has 2 aliphatic rings. The first-order valence-electron chi connectivity index (χ1n) is 10.2. The monoisotopic (exact) mass is 409 g/mol. The summed E-state index contributed by atoms with van der Waals surface area (Å²) in [5.74, 6) is 1.45. The third-order valence-corrected chi connectivity index (χ3v) is 6.76. The van der Waals surface area contributed by atoms with Gasteiger partial charge in [-0.15, -0.1) is 0 Å². The van der Waals surface area contributed by atoms with E-state index in [1.165, 1.54) is 24.0 Å². The summed E-state index contributed by atoms with van der Waals surface area (Å²) < 4.78 is 0. The van der Waals surface area contributed by atoms with Crippen molar-refractivity contribution >= 4 is 35.0 Å². The van der Waals surface area contributed by atoms with E-state index in [0.717, 1.165) is 24.3 Å². The second kappa shape index (κ2) is 8.91. The third-order valence-electron chi connectivity index (χ3n) is 5.68. The zero-order chi connectivity index (χ0) is 20.2. The molecule has 6 heteroatoms. The van der Waals surface area contributed by atoms with Gasteiger partial charge in [0.25, 0.3) is 5.91 Å². The molecule has 2 aromatic rings. The second-order valence-electron chi connectivity index (χ2n) is 7.84. The first kappa shape index (κ1) is 19.8. The topological polar surface area (TPSA) is 70.2 Å². The van der Waals surface area contributed by atoms with Crippen LogP contribution in [0.4, 0.5) is 11.4 Å². The number of carbonyl (C=O) groups is 2. The number of hydrogen-bond acceptors (Lipinski definition) is 4. The van der Waals surface area contributed by atoms with Gasteiger partial charge in [0.15, 0.2) is 0 Å². The molecule has 2 amide bonds. The molecular formula is C23H27N3O2S. The number of carbonyl (C=O) groups excluding carboxylic acids is 2.